The number of anilines is 2. The summed E-state index contributed by atoms with van der Waals surface area (Å²) in [6, 6.07) is 5.83. The second-order valence-electron chi connectivity index (χ2n) is 4.45. The maximum Gasteiger partial charge on any atom is 0.0639 e. The molecule has 0 aliphatic heterocycles. The number of ether oxygens (including phenoxy) is 1. The topological polar surface area (TPSA) is 47.3 Å². The Morgan fingerprint density at radius 3 is 2.76 bits per heavy atom. The fourth-order valence-corrected chi connectivity index (χ4v) is 1.75. The number of benzene rings is 1. The molecule has 0 amide bonds. The molecule has 96 valence electrons. The van der Waals surface area contributed by atoms with Gasteiger partial charge in [-0.3, -0.25) is 0 Å². The van der Waals surface area contributed by atoms with E-state index in [2.05, 4.69) is 35.1 Å². The molecule has 0 aliphatic carbocycles. The van der Waals surface area contributed by atoms with E-state index in [1.807, 2.05) is 18.2 Å². The van der Waals surface area contributed by atoms with E-state index in [9.17, 15) is 0 Å². The van der Waals surface area contributed by atoms with E-state index in [0.717, 1.165) is 35.4 Å². The van der Waals surface area contributed by atoms with Crippen molar-refractivity contribution in [2.45, 2.75) is 20.3 Å². The molecule has 0 saturated heterocycles. The van der Waals surface area contributed by atoms with Gasteiger partial charge in [-0.15, -0.1) is 0 Å². The standard InChI is InChI=1S/C13H21BrN2O/c1-10(2)5-7-17-8-6-16-13-4-3-11(14)9-12(13)15/h3-4,9-10,16H,5-8,15H2,1-2H3. The normalized spacial score (nSPS) is 10.8. The second kappa shape index (κ2) is 7.56. The van der Waals surface area contributed by atoms with Gasteiger partial charge in [0.05, 0.1) is 18.0 Å². The molecule has 0 aromatic heterocycles. The van der Waals surface area contributed by atoms with Crippen LogP contribution in [0.4, 0.5) is 11.4 Å². The quantitative estimate of drug-likeness (QED) is 0.598. The number of nitrogens with two attached hydrogens (primary N) is 1. The molecule has 3 nitrogen and oxygen atoms in total. The van der Waals surface area contributed by atoms with Crippen molar-refractivity contribution >= 4 is 27.3 Å². The minimum Gasteiger partial charge on any atom is -0.397 e. The lowest BCUT2D eigenvalue weighted by molar-refractivity contribution is 0.133. The fourth-order valence-electron chi connectivity index (χ4n) is 1.37. The van der Waals surface area contributed by atoms with Gasteiger partial charge in [0.25, 0.3) is 0 Å². The second-order valence-corrected chi connectivity index (χ2v) is 5.37. The molecule has 0 fully saturated rings. The third-order valence-electron chi connectivity index (χ3n) is 2.42. The molecule has 0 spiro atoms. The maximum atomic E-state index is 5.87. The van der Waals surface area contributed by atoms with Gasteiger partial charge in [-0.25, -0.2) is 0 Å². The zero-order valence-electron chi connectivity index (χ0n) is 10.5. The summed E-state index contributed by atoms with van der Waals surface area (Å²) in [5.74, 6) is 0.699. The van der Waals surface area contributed by atoms with Crippen molar-refractivity contribution in [1.82, 2.24) is 0 Å². The molecular weight excluding hydrogens is 280 g/mol. The van der Waals surface area contributed by atoms with E-state index >= 15 is 0 Å². The Morgan fingerprint density at radius 2 is 2.12 bits per heavy atom. The summed E-state index contributed by atoms with van der Waals surface area (Å²) in [6.45, 7) is 6.72. The zero-order valence-corrected chi connectivity index (χ0v) is 12.1. The molecule has 0 atom stereocenters. The Bertz CT molecular complexity index is 342. The van der Waals surface area contributed by atoms with Crippen LogP contribution in [0.15, 0.2) is 22.7 Å². The first-order valence-corrected chi connectivity index (χ1v) is 6.75. The first-order valence-electron chi connectivity index (χ1n) is 5.96. The van der Waals surface area contributed by atoms with Gasteiger partial charge in [-0.1, -0.05) is 29.8 Å². The van der Waals surface area contributed by atoms with E-state index < -0.39 is 0 Å². The van der Waals surface area contributed by atoms with Crippen molar-refractivity contribution in [3.63, 3.8) is 0 Å². The average Bonchev–Trinajstić information content (AvgIpc) is 2.25. The van der Waals surface area contributed by atoms with Crippen LogP contribution in [0.3, 0.4) is 0 Å². The number of halogens is 1. The van der Waals surface area contributed by atoms with Crippen LogP contribution in [0.2, 0.25) is 0 Å². The van der Waals surface area contributed by atoms with Crippen molar-refractivity contribution in [3.05, 3.63) is 22.7 Å². The highest BCUT2D eigenvalue weighted by atomic mass is 79.9. The number of hydrogen-bond donors (Lipinski definition) is 2. The Balaban J connectivity index is 2.18. The van der Waals surface area contributed by atoms with Gasteiger partial charge in [0.2, 0.25) is 0 Å². The van der Waals surface area contributed by atoms with Gasteiger partial charge in [-0.2, -0.15) is 0 Å². The molecule has 3 N–H and O–H groups in total. The van der Waals surface area contributed by atoms with E-state index in [1.54, 1.807) is 0 Å². The van der Waals surface area contributed by atoms with Gasteiger partial charge in [0.15, 0.2) is 0 Å². The molecule has 0 aliphatic rings. The van der Waals surface area contributed by atoms with Crippen LogP contribution in [0.1, 0.15) is 20.3 Å². The molecule has 0 heterocycles. The largest absolute Gasteiger partial charge is 0.397 e. The molecule has 1 aromatic rings. The van der Waals surface area contributed by atoms with Gasteiger partial charge < -0.3 is 15.8 Å². The number of nitrogens with one attached hydrogen (secondary N) is 1. The van der Waals surface area contributed by atoms with Crippen LogP contribution in [0.25, 0.3) is 0 Å². The summed E-state index contributed by atoms with van der Waals surface area (Å²) in [6.07, 6.45) is 1.11. The highest BCUT2D eigenvalue weighted by Gasteiger charge is 1.99. The summed E-state index contributed by atoms with van der Waals surface area (Å²) in [4.78, 5) is 0. The van der Waals surface area contributed by atoms with Crippen LogP contribution in [-0.4, -0.2) is 19.8 Å². The minimum absolute atomic E-state index is 0.699. The zero-order chi connectivity index (χ0) is 12.7. The fraction of sp³-hybridized carbons (Fsp3) is 0.538. The molecule has 1 aromatic carbocycles. The molecule has 17 heavy (non-hydrogen) atoms. The monoisotopic (exact) mass is 300 g/mol. The van der Waals surface area contributed by atoms with Crippen LogP contribution >= 0.6 is 15.9 Å². The van der Waals surface area contributed by atoms with E-state index in [1.165, 1.54) is 0 Å². The third-order valence-corrected chi connectivity index (χ3v) is 2.91. The lowest BCUT2D eigenvalue weighted by Crippen LogP contribution is -2.11. The van der Waals surface area contributed by atoms with E-state index in [0.29, 0.717) is 12.5 Å². The SMILES string of the molecule is CC(C)CCOCCNc1ccc(Br)cc1N. The van der Waals surface area contributed by atoms with Crippen LogP contribution in [-0.2, 0) is 4.74 Å². The van der Waals surface area contributed by atoms with Gasteiger partial charge >= 0.3 is 0 Å². The summed E-state index contributed by atoms with van der Waals surface area (Å²) in [5, 5.41) is 3.26. The highest BCUT2D eigenvalue weighted by Crippen LogP contribution is 2.22. The highest BCUT2D eigenvalue weighted by molar-refractivity contribution is 9.10. The Morgan fingerprint density at radius 1 is 1.35 bits per heavy atom. The van der Waals surface area contributed by atoms with Crippen molar-refractivity contribution < 1.29 is 4.74 Å². The third kappa shape index (κ3) is 5.94. The van der Waals surface area contributed by atoms with Crippen LogP contribution < -0.4 is 11.1 Å². The molecule has 0 unspecified atom stereocenters. The minimum atomic E-state index is 0.699. The molecular formula is C13H21BrN2O. The van der Waals surface area contributed by atoms with Crippen molar-refractivity contribution in [1.29, 1.82) is 0 Å². The van der Waals surface area contributed by atoms with Crippen molar-refractivity contribution in [2.75, 3.05) is 30.8 Å². The first-order chi connectivity index (χ1) is 8.09. The Labute approximate surface area is 112 Å². The van der Waals surface area contributed by atoms with Crippen molar-refractivity contribution in [3.8, 4) is 0 Å². The number of rotatable bonds is 7. The van der Waals surface area contributed by atoms with Gasteiger partial charge in [0.1, 0.15) is 0 Å². The number of nitrogen functional groups attached to an aromatic ring is 1. The summed E-state index contributed by atoms with van der Waals surface area (Å²) in [5.41, 5.74) is 7.58. The molecule has 0 bridgehead atoms. The molecule has 1 rings (SSSR count). The lowest BCUT2D eigenvalue weighted by atomic mass is 10.1. The van der Waals surface area contributed by atoms with E-state index in [4.69, 9.17) is 10.5 Å². The predicted octanol–water partition coefficient (Wildman–Crippen LogP) is 3.51. The number of hydrogen-bond acceptors (Lipinski definition) is 3. The van der Waals surface area contributed by atoms with Crippen LogP contribution in [0.5, 0.6) is 0 Å². The predicted molar refractivity (Wildman–Crippen MR) is 77.3 cm³/mol. The average molecular weight is 301 g/mol. The lowest BCUT2D eigenvalue weighted by Gasteiger charge is -2.10. The molecule has 0 radical (unpaired) electrons. The maximum absolute atomic E-state index is 5.87. The van der Waals surface area contributed by atoms with Gasteiger partial charge in [-0.05, 0) is 30.5 Å². The molecule has 4 heteroatoms. The van der Waals surface area contributed by atoms with Gasteiger partial charge in [0, 0.05) is 17.6 Å². The van der Waals surface area contributed by atoms with Crippen molar-refractivity contribution in [2.24, 2.45) is 5.92 Å². The first kappa shape index (κ1) is 14.3. The summed E-state index contributed by atoms with van der Waals surface area (Å²) in [7, 11) is 0. The Kier molecular flexibility index (Phi) is 6.37. The summed E-state index contributed by atoms with van der Waals surface area (Å²) >= 11 is 3.38. The molecule has 0 saturated carbocycles. The van der Waals surface area contributed by atoms with Crippen LogP contribution in [0, 0.1) is 5.92 Å². The summed E-state index contributed by atoms with van der Waals surface area (Å²) < 4.78 is 6.51. The smallest absolute Gasteiger partial charge is 0.0639 e. The Hall–Kier alpha value is -0.740. The van der Waals surface area contributed by atoms with E-state index in [-0.39, 0.29) is 0 Å².